The minimum atomic E-state index is 0.796. The molecule has 2 heterocycles. The van der Waals surface area contributed by atoms with E-state index in [1.54, 1.807) is 0 Å². The largest absolute Gasteiger partial charge is 0.356 e. The SMILES string of the molecule is CN=C(NCCCCN1CCN(C)CC1)N1CCCC(C)C1. The Morgan fingerprint density at radius 3 is 2.59 bits per heavy atom. The van der Waals surface area contributed by atoms with Crippen LogP contribution in [0.1, 0.15) is 32.6 Å². The molecule has 2 fully saturated rings. The molecule has 0 saturated carbocycles. The predicted octanol–water partition coefficient (Wildman–Crippen LogP) is 1.32. The molecule has 0 spiro atoms. The van der Waals surface area contributed by atoms with Gasteiger partial charge in [0.05, 0.1) is 0 Å². The number of nitrogens with zero attached hydrogens (tertiary/aromatic N) is 4. The summed E-state index contributed by atoms with van der Waals surface area (Å²) in [5.41, 5.74) is 0. The van der Waals surface area contributed by atoms with Crippen LogP contribution in [0.3, 0.4) is 0 Å². The molecule has 1 atom stereocenters. The van der Waals surface area contributed by atoms with E-state index >= 15 is 0 Å². The highest BCUT2D eigenvalue weighted by molar-refractivity contribution is 5.79. The second-order valence-electron chi connectivity index (χ2n) is 7.02. The van der Waals surface area contributed by atoms with Crippen molar-refractivity contribution in [3.8, 4) is 0 Å². The number of piperidine rings is 1. The zero-order valence-corrected chi connectivity index (χ0v) is 14.9. The topological polar surface area (TPSA) is 34.1 Å². The predicted molar refractivity (Wildman–Crippen MR) is 94.5 cm³/mol. The van der Waals surface area contributed by atoms with Crippen LogP contribution < -0.4 is 5.32 Å². The van der Waals surface area contributed by atoms with Gasteiger partial charge in [0.2, 0.25) is 0 Å². The molecular weight excluding hydrogens is 274 g/mol. The highest BCUT2D eigenvalue weighted by atomic mass is 15.3. The fourth-order valence-corrected chi connectivity index (χ4v) is 3.45. The molecule has 2 aliphatic heterocycles. The van der Waals surface area contributed by atoms with Gasteiger partial charge in [0, 0.05) is 52.9 Å². The molecule has 2 saturated heterocycles. The monoisotopic (exact) mass is 309 g/mol. The fourth-order valence-electron chi connectivity index (χ4n) is 3.45. The van der Waals surface area contributed by atoms with Gasteiger partial charge in [0.1, 0.15) is 0 Å². The zero-order valence-electron chi connectivity index (χ0n) is 14.9. The average Bonchev–Trinajstić information content (AvgIpc) is 2.52. The maximum atomic E-state index is 4.46. The number of piperazine rings is 1. The Bertz CT molecular complexity index is 336. The van der Waals surface area contributed by atoms with E-state index in [9.17, 15) is 0 Å². The second-order valence-corrected chi connectivity index (χ2v) is 7.02. The van der Waals surface area contributed by atoms with Crippen molar-refractivity contribution in [2.24, 2.45) is 10.9 Å². The second kappa shape index (κ2) is 9.36. The van der Waals surface area contributed by atoms with Crippen LogP contribution in [0.4, 0.5) is 0 Å². The van der Waals surface area contributed by atoms with E-state index in [1.807, 2.05) is 7.05 Å². The lowest BCUT2D eigenvalue weighted by atomic mass is 10.0. The van der Waals surface area contributed by atoms with Crippen LogP contribution in [0.15, 0.2) is 4.99 Å². The summed E-state index contributed by atoms with van der Waals surface area (Å²) in [6.45, 7) is 11.9. The highest BCUT2D eigenvalue weighted by Gasteiger charge is 2.19. The number of likely N-dealkylation sites (tertiary alicyclic amines) is 1. The molecule has 128 valence electrons. The van der Waals surface area contributed by atoms with Gasteiger partial charge < -0.3 is 20.0 Å². The van der Waals surface area contributed by atoms with Crippen LogP contribution in [0.5, 0.6) is 0 Å². The van der Waals surface area contributed by atoms with Gasteiger partial charge in [-0.3, -0.25) is 4.99 Å². The first-order valence-electron chi connectivity index (χ1n) is 9.05. The third-order valence-electron chi connectivity index (χ3n) is 4.95. The first-order valence-corrected chi connectivity index (χ1v) is 9.05. The molecule has 0 aliphatic carbocycles. The Labute approximate surface area is 136 Å². The Morgan fingerprint density at radius 1 is 1.14 bits per heavy atom. The minimum absolute atomic E-state index is 0.796. The summed E-state index contributed by atoms with van der Waals surface area (Å²) < 4.78 is 0. The van der Waals surface area contributed by atoms with E-state index in [-0.39, 0.29) is 0 Å². The van der Waals surface area contributed by atoms with Crippen molar-refractivity contribution in [1.82, 2.24) is 20.0 Å². The van der Waals surface area contributed by atoms with E-state index < -0.39 is 0 Å². The third-order valence-corrected chi connectivity index (χ3v) is 4.95. The summed E-state index contributed by atoms with van der Waals surface area (Å²) in [5, 5.41) is 3.55. The molecule has 1 unspecified atom stereocenters. The summed E-state index contributed by atoms with van der Waals surface area (Å²) >= 11 is 0. The normalized spacial score (nSPS) is 25.5. The molecule has 2 rings (SSSR count). The number of unbranched alkanes of at least 4 members (excludes halogenated alkanes) is 1. The zero-order chi connectivity index (χ0) is 15.8. The molecule has 0 bridgehead atoms. The van der Waals surface area contributed by atoms with E-state index in [1.165, 1.54) is 58.4 Å². The fraction of sp³-hybridized carbons (Fsp3) is 0.941. The number of rotatable bonds is 5. The molecule has 0 aromatic heterocycles. The van der Waals surface area contributed by atoms with E-state index in [0.717, 1.165) is 31.5 Å². The molecule has 0 amide bonds. The first-order chi connectivity index (χ1) is 10.7. The maximum absolute atomic E-state index is 4.46. The number of nitrogens with one attached hydrogen (secondary N) is 1. The van der Waals surface area contributed by atoms with Crippen LogP contribution in [-0.4, -0.2) is 87.1 Å². The van der Waals surface area contributed by atoms with Crippen molar-refractivity contribution in [2.75, 3.05) is 66.5 Å². The quantitative estimate of drug-likeness (QED) is 0.472. The van der Waals surface area contributed by atoms with E-state index in [4.69, 9.17) is 0 Å². The Morgan fingerprint density at radius 2 is 1.91 bits per heavy atom. The van der Waals surface area contributed by atoms with Crippen LogP contribution >= 0.6 is 0 Å². The van der Waals surface area contributed by atoms with Gasteiger partial charge in [-0.2, -0.15) is 0 Å². The first kappa shape index (κ1) is 17.5. The summed E-state index contributed by atoms with van der Waals surface area (Å²) in [6, 6.07) is 0. The molecular formula is C17H35N5. The summed E-state index contributed by atoms with van der Waals surface area (Å²) in [6.07, 6.45) is 5.17. The van der Waals surface area contributed by atoms with Crippen LogP contribution in [0.2, 0.25) is 0 Å². The van der Waals surface area contributed by atoms with Crippen molar-refractivity contribution in [2.45, 2.75) is 32.6 Å². The Kier molecular flexibility index (Phi) is 7.46. The molecule has 5 nitrogen and oxygen atoms in total. The van der Waals surface area contributed by atoms with Crippen molar-refractivity contribution < 1.29 is 0 Å². The molecule has 22 heavy (non-hydrogen) atoms. The van der Waals surface area contributed by atoms with Crippen molar-refractivity contribution in [3.05, 3.63) is 0 Å². The molecule has 0 aromatic carbocycles. The van der Waals surface area contributed by atoms with E-state index in [2.05, 4.69) is 39.0 Å². The van der Waals surface area contributed by atoms with Gasteiger partial charge >= 0.3 is 0 Å². The number of hydrogen-bond acceptors (Lipinski definition) is 3. The van der Waals surface area contributed by atoms with Gasteiger partial charge in [-0.25, -0.2) is 0 Å². The number of guanidine groups is 1. The van der Waals surface area contributed by atoms with Gasteiger partial charge in [-0.15, -0.1) is 0 Å². The summed E-state index contributed by atoms with van der Waals surface area (Å²) in [7, 11) is 4.13. The van der Waals surface area contributed by atoms with Gasteiger partial charge in [0.15, 0.2) is 5.96 Å². The minimum Gasteiger partial charge on any atom is -0.356 e. The number of likely N-dealkylation sites (N-methyl/N-ethyl adjacent to an activating group) is 1. The van der Waals surface area contributed by atoms with Crippen molar-refractivity contribution in [1.29, 1.82) is 0 Å². The number of aliphatic imine (C=N–C) groups is 1. The molecule has 5 heteroatoms. The maximum Gasteiger partial charge on any atom is 0.193 e. The van der Waals surface area contributed by atoms with Crippen molar-refractivity contribution >= 4 is 5.96 Å². The van der Waals surface area contributed by atoms with Crippen molar-refractivity contribution in [3.63, 3.8) is 0 Å². The lowest BCUT2D eigenvalue weighted by molar-refractivity contribution is 0.152. The number of hydrogen-bond donors (Lipinski definition) is 1. The van der Waals surface area contributed by atoms with Crippen LogP contribution in [0.25, 0.3) is 0 Å². The summed E-state index contributed by atoms with van der Waals surface area (Å²) in [5.74, 6) is 1.90. The van der Waals surface area contributed by atoms with Crippen LogP contribution in [-0.2, 0) is 0 Å². The lowest BCUT2D eigenvalue weighted by Gasteiger charge is -2.33. The van der Waals surface area contributed by atoms with Crippen LogP contribution in [0, 0.1) is 5.92 Å². The van der Waals surface area contributed by atoms with E-state index in [0.29, 0.717) is 0 Å². The lowest BCUT2D eigenvalue weighted by Crippen LogP contribution is -2.46. The highest BCUT2D eigenvalue weighted by Crippen LogP contribution is 2.15. The third kappa shape index (κ3) is 5.76. The molecule has 1 N–H and O–H groups in total. The molecule has 0 radical (unpaired) electrons. The summed E-state index contributed by atoms with van der Waals surface area (Å²) in [4.78, 5) is 11.9. The van der Waals surface area contributed by atoms with Gasteiger partial charge in [-0.05, 0) is 45.2 Å². The Hall–Kier alpha value is -0.810. The average molecular weight is 310 g/mol. The Balaban J connectivity index is 1.57. The smallest absolute Gasteiger partial charge is 0.193 e. The standard InChI is InChI=1S/C17H35N5/c1-16-7-6-10-22(15-16)17(18-2)19-8-4-5-9-21-13-11-20(3)12-14-21/h16H,4-15H2,1-3H3,(H,18,19). The molecule has 2 aliphatic rings. The van der Waals surface area contributed by atoms with Gasteiger partial charge in [-0.1, -0.05) is 6.92 Å². The molecule has 0 aromatic rings. The van der Waals surface area contributed by atoms with Gasteiger partial charge in [0.25, 0.3) is 0 Å².